The Hall–Kier alpha value is -1.35. The number of esters is 1. The third kappa shape index (κ3) is 2.83. The van der Waals surface area contributed by atoms with Gasteiger partial charge in [0, 0.05) is 19.5 Å². The topological polar surface area (TPSA) is 29.3 Å². The number of benzene rings is 1. The molecule has 1 fully saturated rings. The molecule has 3 nitrogen and oxygen atoms in total. The summed E-state index contributed by atoms with van der Waals surface area (Å²) in [5, 5.41) is 0. The molecule has 1 unspecified atom stereocenters. The fourth-order valence-corrected chi connectivity index (χ4v) is 1.73. The molecule has 3 heteroatoms. The molecule has 1 aromatic carbocycles. The van der Waals surface area contributed by atoms with Crippen molar-refractivity contribution < 1.29 is 9.53 Å². The molecule has 1 aromatic rings. The van der Waals surface area contributed by atoms with Gasteiger partial charge in [0.1, 0.15) is 6.61 Å². The van der Waals surface area contributed by atoms with Crippen LogP contribution in [0.3, 0.4) is 0 Å². The molecule has 0 N–H and O–H groups in total. The summed E-state index contributed by atoms with van der Waals surface area (Å²) < 4.78 is 5.23. The van der Waals surface area contributed by atoms with Crippen LogP contribution in [0.5, 0.6) is 0 Å². The maximum Gasteiger partial charge on any atom is 0.305 e. The van der Waals surface area contributed by atoms with Crippen LogP contribution >= 0.6 is 0 Å². The third-order valence-electron chi connectivity index (χ3n) is 2.80. The van der Waals surface area contributed by atoms with Crippen LogP contribution in [0, 0.1) is 0 Å². The first-order valence-electron chi connectivity index (χ1n) is 5.76. The molecule has 0 bridgehead atoms. The summed E-state index contributed by atoms with van der Waals surface area (Å²) in [5.41, 5.74) is 1.23. The van der Waals surface area contributed by atoms with E-state index in [0.29, 0.717) is 13.0 Å². The molecule has 2 rings (SSSR count). The standard InChI is InChI=1S/C13H17NO2/c1-2-13(15)16-10-12(14-8-9-14)11-6-4-3-5-7-11/h3-7,12H,2,8-10H2,1H3. The molecule has 16 heavy (non-hydrogen) atoms. The van der Waals surface area contributed by atoms with E-state index in [-0.39, 0.29) is 12.0 Å². The smallest absolute Gasteiger partial charge is 0.305 e. The van der Waals surface area contributed by atoms with Gasteiger partial charge in [0.15, 0.2) is 0 Å². The Morgan fingerprint density at radius 1 is 1.38 bits per heavy atom. The predicted molar refractivity (Wildman–Crippen MR) is 62.0 cm³/mol. The van der Waals surface area contributed by atoms with E-state index in [2.05, 4.69) is 17.0 Å². The Morgan fingerprint density at radius 2 is 2.06 bits per heavy atom. The molecule has 0 amide bonds. The lowest BCUT2D eigenvalue weighted by Gasteiger charge is -2.18. The zero-order chi connectivity index (χ0) is 11.4. The first-order chi connectivity index (χ1) is 7.81. The summed E-state index contributed by atoms with van der Waals surface area (Å²) in [6.45, 7) is 4.49. The molecule has 0 radical (unpaired) electrons. The first-order valence-corrected chi connectivity index (χ1v) is 5.76. The van der Waals surface area contributed by atoms with Gasteiger partial charge >= 0.3 is 5.97 Å². The van der Waals surface area contributed by atoms with E-state index in [0.717, 1.165) is 13.1 Å². The van der Waals surface area contributed by atoms with Gasteiger partial charge in [-0.3, -0.25) is 9.69 Å². The van der Waals surface area contributed by atoms with Gasteiger partial charge in [0.05, 0.1) is 6.04 Å². The van der Waals surface area contributed by atoms with Gasteiger partial charge in [-0.15, -0.1) is 0 Å². The third-order valence-corrected chi connectivity index (χ3v) is 2.80. The highest BCUT2D eigenvalue weighted by atomic mass is 16.5. The zero-order valence-corrected chi connectivity index (χ0v) is 9.56. The maximum atomic E-state index is 11.1. The molecule has 1 atom stereocenters. The van der Waals surface area contributed by atoms with Gasteiger partial charge in [-0.05, 0) is 5.56 Å². The number of nitrogens with zero attached hydrogens (tertiary/aromatic N) is 1. The van der Waals surface area contributed by atoms with E-state index in [1.54, 1.807) is 0 Å². The summed E-state index contributed by atoms with van der Waals surface area (Å²) in [4.78, 5) is 13.5. The Bertz CT molecular complexity index is 346. The second-order valence-electron chi connectivity index (χ2n) is 4.00. The lowest BCUT2D eigenvalue weighted by Crippen LogP contribution is -2.18. The van der Waals surface area contributed by atoms with E-state index < -0.39 is 0 Å². The molecule has 1 aliphatic rings. The average molecular weight is 219 g/mol. The van der Waals surface area contributed by atoms with E-state index in [1.807, 2.05) is 25.1 Å². The second kappa shape index (κ2) is 5.12. The van der Waals surface area contributed by atoms with Crippen molar-refractivity contribution in [3.05, 3.63) is 35.9 Å². The molecule has 1 aliphatic heterocycles. The second-order valence-corrected chi connectivity index (χ2v) is 4.00. The Morgan fingerprint density at radius 3 is 2.62 bits per heavy atom. The van der Waals surface area contributed by atoms with Gasteiger partial charge in [0.25, 0.3) is 0 Å². The molecule has 1 saturated heterocycles. The highest BCUT2D eigenvalue weighted by Crippen LogP contribution is 2.26. The average Bonchev–Trinajstić information content (AvgIpc) is 3.15. The Labute approximate surface area is 96.0 Å². The molecule has 0 spiro atoms. The van der Waals surface area contributed by atoms with E-state index in [9.17, 15) is 4.79 Å². The summed E-state index contributed by atoms with van der Waals surface area (Å²) in [6, 6.07) is 10.4. The van der Waals surface area contributed by atoms with Crippen LogP contribution in [-0.4, -0.2) is 30.6 Å². The van der Waals surface area contributed by atoms with E-state index in [1.165, 1.54) is 5.56 Å². The highest BCUT2D eigenvalue weighted by Gasteiger charge is 2.29. The van der Waals surface area contributed by atoms with Crippen LogP contribution in [0.15, 0.2) is 30.3 Å². The summed E-state index contributed by atoms with van der Waals surface area (Å²) in [5.74, 6) is -0.122. The largest absolute Gasteiger partial charge is 0.464 e. The van der Waals surface area contributed by atoms with Gasteiger partial charge in [-0.1, -0.05) is 37.3 Å². The minimum atomic E-state index is -0.122. The maximum absolute atomic E-state index is 11.1. The Kier molecular flexibility index (Phi) is 3.57. The van der Waals surface area contributed by atoms with Gasteiger partial charge < -0.3 is 4.74 Å². The predicted octanol–water partition coefficient (Wildman–Crippen LogP) is 2.00. The fraction of sp³-hybridized carbons (Fsp3) is 0.462. The molecule has 0 aliphatic carbocycles. The van der Waals surface area contributed by atoms with Crippen LogP contribution in [-0.2, 0) is 9.53 Å². The summed E-state index contributed by atoms with van der Waals surface area (Å²) >= 11 is 0. The van der Waals surface area contributed by atoms with Crippen LogP contribution in [0.4, 0.5) is 0 Å². The van der Waals surface area contributed by atoms with Crippen LogP contribution < -0.4 is 0 Å². The van der Waals surface area contributed by atoms with E-state index >= 15 is 0 Å². The summed E-state index contributed by atoms with van der Waals surface area (Å²) in [6.07, 6.45) is 0.446. The van der Waals surface area contributed by atoms with Crippen molar-refractivity contribution in [1.29, 1.82) is 0 Å². The van der Waals surface area contributed by atoms with Crippen molar-refractivity contribution in [3.8, 4) is 0 Å². The van der Waals surface area contributed by atoms with Crippen molar-refractivity contribution in [2.24, 2.45) is 0 Å². The van der Waals surface area contributed by atoms with Crippen LogP contribution in [0.1, 0.15) is 24.9 Å². The molecule has 0 saturated carbocycles. The molecule has 0 aromatic heterocycles. The monoisotopic (exact) mass is 219 g/mol. The molecular formula is C13H17NO2. The van der Waals surface area contributed by atoms with E-state index in [4.69, 9.17) is 4.74 Å². The molecular weight excluding hydrogens is 202 g/mol. The van der Waals surface area contributed by atoms with Gasteiger partial charge in [-0.25, -0.2) is 0 Å². The van der Waals surface area contributed by atoms with Crippen molar-refractivity contribution in [2.75, 3.05) is 19.7 Å². The van der Waals surface area contributed by atoms with Crippen molar-refractivity contribution in [3.63, 3.8) is 0 Å². The number of hydrogen-bond donors (Lipinski definition) is 0. The van der Waals surface area contributed by atoms with Crippen LogP contribution in [0.2, 0.25) is 0 Å². The minimum absolute atomic E-state index is 0.122. The SMILES string of the molecule is CCC(=O)OCC(c1ccccc1)N1CC1. The van der Waals surface area contributed by atoms with Gasteiger partial charge in [0.2, 0.25) is 0 Å². The number of rotatable bonds is 5. The number of hydrogen-bond acceptors (Lipinski definition) is 3. The van der Waals surface area contributed by atoms with Crippen molar-refractivity contribution in [1.82, 2.24) is 4.90 Å². The lowest BCUT2D eigenvalue weighted by molar-refractivity contribution is -0.144. The van der Waals surface area contributed by atoms with Gasteiger partial charge in [-0.2, -0.15) is 0 Å². The van der Waals surface area contributed by atoms with Crippen molar-refractivity contribution in [2.45, 2.75) is 19.4 Å². The fourth-order valence-electron chi connectivity index (χ4n) is 1.73. The quantitative estimate of drug-likeness (QED) is 0.560. The van der Waals surface area contributed by atoms with Crippen molar-refractivity contribution >= 4 is 5.97 Å². The molecule has 86 valence electrons. The normalized spacial score (nSPS) is 16.8. The molecule has 1 heterocycles. The Balaban J connectivity index is 1.98. The van der Waals surface area contributed by atoms with Crippen LogP contribution in [0.25, 0.3) is 0 Å². The number of carbonyl (C=O) groups is 1. The lowest BCUT2D eigenvalue weighted by atomic mass is 10.1. The zero-order valence-electron chi connectivity index (χ0n) is 9.56. The highest BCUT2D eigenvalue weighted by molar-refractivity contribution is 5.68. The summed E-state index contributed by atoms with van der Waals surface area (Å²) in [7, 11) is 0. The minimum Gasteiger partial charge on any atom is -0.464 e. The first kappa shape index (κ1) is 11.1. The number of ether oxygens (including phenoxy) is 1. The number of carbonyl (C=O) groups excluding carboxylic acids is 1.